The summed E-state index contributed by atoms with van der Waals surface area (Å²) < 4.78 is 24.9. The van der Waals surface area contributed by atoms with E-state index in [1.165, 1.54) is 0 Å². The lowest BCUT2D eigenvalue weighted by atomic mass is 10.3. The molecule has 1 unspecified atom stereocenters. The van der Waals surface area contributed by atoms with Gasteiger partial charge in [0.25, 0.3) is 5.66 Å². The number of halogens is 2. The van der Waals surface area contributed by atoms with E-state index in [1.54, 1.807) is 14.1 Å². The lowest BCUT2D eigenvalue weighted by Gasteiger charge is -2.27. The van der Waals surface area contributed by atoms with Crippen LogP contribution >= 0.6 is 9.24 Å². The second-order valence-corrected chi connectivity index (χ2v) is 3.76. The normalized spacial score (nSPS) is 13.1. The van der Waals surface area contributed by atoms with Gasteiger partial charge in [-0.15, -0.1) is 0 Å². The molecule has 0 aliphatic carbocycles. The number of hydrogen-bond donors (Lipinski definition) is 0. The van der Waals surface area contributed by atoms with Gasteiger partial charge in [0, 0.05) is 6.04 Å². The zero-order valence-electron chi connectivity index (χ0n) is 7.27. The molecule has 0 amide bonds. The first kappa shape index (κ1) is 11.2. The van der Waals surface area contributed by atoms with Gasteiger partial charge in [0.05, 0.1) is 6.54 Å². The lowest BCUT2D eigenvalue weighted by Crippen LogP contribution is -2.38. The Kier molecular flexibility index (Phi) is 4.42. The molecule has 1 nitrogen and oxygen atoms in total. The second-order valence-electron chi connectivity index (χ2n) is 2.92. The zero-order chi connectivity index (χ0) is 9.07. The van der Waals surface area contributed by atoms with E-state index in [0.717, 1.165) is 0 Å². The van der Waals surface area contributed by atoms with Crippen LogP contribution in [0.15, 0.2) is 0 Å². The fraction of sp³-hybridized carbons (Fsp3) is 1.00. The molecule has 0 saturated heterocycles. The minimum atomic E-state index is -2.65. The highest BCUT2D eigenvalue weighted by molar-refractivity contribution is 7.18. The Balaban J connectivity index is 3.88. The van der Waals surface area contributed by atoms with E-state index in [1.807, 2.05) is 20.8 Å². The van der Waals surface area contributed by atoms with Crippen LogP contribution in [0.4, 0.5) is 8.78 Å². The molecule has 4 heteroatoms. The predicted octanol–water partition coefficient (Wildman–Crippen LogP) is 2.18. The Morgan fingerprint density at radius 3 is 2.00 bits per heavy atom. The van der Waals surface area contributed by atoms with Crippen molar-refractivity contribution < 1.29 is 8.78 Å². The summed E-state index contributed by atoms with van der Waals surface area (Å²) in [6.07, 6.45) is 0. The van der Waals surface area contributed by atoms with Crippen molar-refractivity contribution in [2.75, 3.05) is 13.1 Å². The summed E-state index contributed by atoms with van der Waals surface area (Å²) in [6.45, 7) is 6.21. The molecule has 0 heterocycles. The van der Waals surface area contributed by atoms with Crippen molar-refractivity contribution >= 4 is 9.24 Å². The van der Waals surface area contributed by atoms with Crippen molar-refractivity contribution in [3.63, 3.8) is 0 Å². The van der Waals surface area contributed by atoms with Crippen molar-refractivity contribution in [2.24, 2.45) is 0 Å². The quantitative estimate of drug-likeness (QED) is 0.604. The summed E-state index contributed by atoms with van der Waals surface area (Å²) >= 11 is 0. The molecule has 0 spiro atoms. The van der Waals surface area contributed by atoms with E-state index < -0.39 is 5.66 Å². The van der Waals surface area contributed by atoms with E-state index in [4.69, 9.17) is 0 Å². The fourth-order valence-corrected chi connectivity index (χ4v) is 1.16. The Morgan fingerprint density at radius 1 is 1.45 bits per heavy atom. The fourth-order valence-electron chi connectivity index (χ4n) is 0.930. The molecule has 0 aromatic rings. The van der Waals surface area contributed by atoms with Gasteiger partial charge in [-0.2, -0.15) is 0 Å². The monoisotopic (exact) mass is 183 g/mol. The Bertz CT molecular complexity index is 111. The van der Waals surface area contributed by atoms with Crippen molar-refractivity contribution in [1.82, 2.24) is 4.90 Å². The van der Waals surface area contributed by atoms with Gasteiger partial charge in [0.2, 0.25) is 0 Å². The van der Waals surface area contributed by atoms with Gasteiger partial charge in [-0.25, -0.2) is 8.78 Å². The molecule has 0 rings (SSSR count). The molecule has 0 N–H and O–H groups in total. The van der Waals surface area contributed by atoms with Crippen LogP contribution in [-0.2, 0) is 0 Å². The third kappa shape index (κ3) is 5.51. The SMILES string of the molecule is CCN(CC(F)(F)P)C(C)C. The van der Waals surface area contributed by atoms with Crippen LogP contribution in [-0.4, -0.2) is 29.7 Å². The molecule has 0 bridgehead atoms. The maximum atomic E-state index is 12.4. The summed E-state index contributed by atoms with van der Waals surface area (Å²) in [7, 11) is 1.56. The molecule has 68 valence electrons. The van der Waals surface area contributed by atoms with Crippen LogP contribution in [0.25, 0.3) is 0 Å². The molecule has 1 atom stereocenters. The van der Waals surface area contributed by atoms with Crippen LogP contribution < -0.4 is 0 Å². The molecule has 0 fully saturated rings. The largest absolute Gasteiger partial charge is 0.295 e. The van der Waals surface area contributed by atoms with E-state index in [0.29, 0.717) is 6.54 Å². The number of hydrogen-bond acceptors (Lipinski definition) is 1. The number of rotatable bonds is 4. The van der Waals surface area contributed by atoms with Gasteiger partial charge in [-0.3, -0.25) is 4.90 Å². The first-order chi connectivity index (χ1) is 4.87. The maximum Gasteiger partial charge on any atom is 0.271 e. The first-order valence-electron chi connectivity index (χ1n) is 3.77. The van der Waals surface area contributed by atoms with Gasteiger partial charge >= 0.3 is 0 Å². The average Bonchev–Trinajstić information content (AvgIpc) is 1.80. The zero-order valence-corrected chi connectivity index (χ0v) is 8.43. The van der Waals surface area contributed by atoms with Crippen molar-refractivity contribution in [3.05, 3.63) is 0 Å². The third-order valence-corrected chi connectivity index (χ3v) is 1.73. The molecule has 0 aromatic heterocycles. The predicted molar refractivity (Wildman–Crippen MR) is 47.0 cm³/mol. The highest BCUT2D eigenvalue weighted by Gasteiger charge is 2.25. The smallest absolute Gasteiger partial charge is 0.271 e. The van der Waals surface area contributed by atoms with Crippen LogP contribution in [0.1, 0.15) is 20.8 Å². The first-order valence-corrected chi connectivity index (χ1v) is 4.35. The summed E-state index contributed by atoms with van der Waals surface area (Å²) in [5.41, 5.74) is -2.65. The van der Waals surface area contributed by atoms with Gasteiger partial charge in [0.1, 0.15) is 0 Å². The lowest BCUT2D eigenvalue weighted by molar-refractivity contribution is 0.0441. The minimum absolute atomic E-state index is 0.175. The van der Waals surface area contributed by atoms with Crippen LogP contribution in [0.2, 0.25) is 0 Å². The van der Waals surface area contributed by atoms with Gasteiger partial charge in [0.15, 0.2) is 0 Å². The van der Waals surface area contributed by atoms with Crippen molar-refractivity contribution in [1.29, 1.82) is 0 Å². The second kappa shape index (κ2) is 4.32. The van der Waals surface area contributed by atoms with Crippen molar-refractivity contribution in [2.45, 2.75) is 32.5 Å². The Labute approximate surface area is 69.3 Å². The van der Waals surface area contributed by atoms with E-state index in [9.17, 15) is 8.78 Å². The average molecular weight is 183 g/mol. The van der Waals surface area contributed by atoms with Crippen LogP contribution in [0, 0.1) is 0 Å². The topological polar surface area (TPSA) is 3.24 Å². The number of nitrogens with zero attached hydrogens (tertiary/aromatic N) is 1. The Hall–Kier alpha value is 0.250. The van der Waals surface area contributed by atoms with Crippen molar-refractivity contribution in [3.8, 4) is 0 Å². The minimum Gasteiger partial charge on any atom is -0.295 e. The molecule has 0 saturated carbocycles. The molecule has 0 aromatic carbocycles. The molecule has 0 radical (unpaired) electrons. The Morgan fingerprint density at radius 2 is 1.91 bits per heavy atom. The summed E-state index contributed by atoms with van der Waals surface area (Å²) in [4.78, 5) is 1.73. The van der Waals surface area contributed by atoms with E-state index >= 15 is 0 Å². The molecular formula is C7H16F2NP. The highest BCUT2D eigenvalue weighted by Crippen LogP contribution is 2.23. The molecule has 0 aliphatic rings. The van der Waals surface area contributed by atoms with Crippen LogP contribution in [0.3, 0.4) is 0 Å². The summed E-state index contributed by atoms with van der Waals surface area (Å²) in [6, 6.07) is 0.187. The van der Waals surface area contributed by atoms with Crippen LogP contribution in [0.5, 0.6) is 0 Å². The summed E-state index contributed by atoms with van der Waals surface area (Å²) in [5.74, 6) is 0. The molecular weight excluding hydrogens is 167 g/mol. The standard InChI is InChI=1S/C7H16F2NP/c1-4-10(6(2)3)5-7(8,9)11/h6H,4-5,11H2,1-3H3. The molecule has 0 aliphatic heterocycles. The summed E-state index contributed by atoms with van der Waals surface area (Å²) in [5, 5.41) is 0. The van der Waals surface area contributed by atoms with Gasteiger partial charge < -0.3 is 0 Å². The van der Waals surface area contributed by atoms with E-state index in [2.05, 4.69) is 0 Å². The third-order valence-electron chi connectivity index (χ3n) is 1.55. The number of alkyl halides is 2. The molecule has 11 heavy (non-hydrogen) atoms. The maximum absolute atomic E-state index is 12.4. The highest BCUT2D eigenvalue weighted by atomic mass is 31.0. The van der Waals surface area contributed by atoms with Gasteiger partial charge in [-0.1, -0.05) is 16.2 Å². The van der Waals surface area contributed by atoms with E-state index in [-0.39, 0.29) is 12.6 Å². The van der Waals surface area contributed by atoms with Gasteiger partial charge in [-0.05, 0) is 20.4 Å².